The number of carboxylic acids is 1. The Labute approximate surface area is 112 Å². The molecule has 98 valence electrons. The second kappa shape index (κ2) is 4.76. The summed E-state index contributed by atoms with van der Waals surface area (Å²) in [5.74, 6) is -0.716. The number of carbonyl (C=O) groups is 1. The fourth-order valence-corrected chi connectivity index (χ4v) is 2.39. The topological polar surface area (TPSA) is 57.5 Å². The molecule has 2 aromatic rings. The van der Waals surface area contributed by atoms with Crippen LogP contribution in [0.15, 0.2) is 30.3 Å². The number of carboxylic acid groups (broad SMARTS) is 1. The molecule has 0 heterocycles. The van der Waals surface area contributed by atoms with Gasteiger partial charge in [0.05, 0.1) is 5.56 Å². The van der Waals surface area contributed by atoms with E-state index in [1.165, 1.54) is 0 Å². The van der Waals surface area contributed by atoms with E-state index in [9.17, 15) is 9.90 Å². The molecule has 0 aliphatic carbocycles. The molecule has 3 heteroatoms. The number of phenols is 1. The van der Waals surface area contributed by atoms with Gasteiger partial charge in [-0.1, -0.05) is 6.07 Å². The van der Waals surface area contributed by atoms with Crippen molar-refractivity contribution in [2.45, 2.75) is 20.8 Å². The number of rotatable bonds is 2. The Morgan fingerprint density at radius 3 is 2.05 bits per heavy atom. The van der Waals surface area contributed by atoms with Crippen LogP contribution in [0.4, 0.5) is 0 Å². The molecule has 0 aromatic heterocycles. The minimum absolute atomic E-state index is 0.210. The smallest absolute Gasteiger partial charge is 0.335 e. The third-order valence-electron chi connectivity index (χ3n) is 3.27. The van der Waals surface area contributed by atoms with Crippen LogP contribution < -0.4 is 0 Å². The molecule has 0 saturated carbocycles. The number of hydrogen-bond acceptors (Lipinski definition) is 2. The molecule has 3 nitrogen and oxygen atoms in total. The monoisotopic (exact) mass is 256 g/mol. The summed E-state index contributed by atoms with van der Waals surface area (Å²) in [6.45, 7) is 5.75. The normalized spacial score (nSPS) is 10.5. The predicted molar refractivity (Wildman–Crippen MR) is 74.7 cm³/mol. The third-order valence-corrected chi connectivity index (χ3v) is 3.27. The summed E-state index contributed by atoms with van der Waals surface area (Å²) in [6.07, 6.45) is 0. The van der Waals surface area contributed by atoms with Gasteiger partial charge in [0.2, 0.25) is 0 Å². The van der Waals surface area contributed by atoms with Gasteiger partial charge >= 0.3 is 5.97 Å². The molecule has 0 fully saturated rings. The van der Waals surface area contributed by atoms with Crippen LogP contribution in [0.3, 0.4) is 0 Å². The first-order valence-corrected chi connectivity index (χ1v) is 6.04. The van der Waals surface area contributed by atoms with Gasteiger partial charge in [0.15, 0.2) is 0 Å². The van der Waals surface area contributed by atoms with E-state index < -0.39 is 5.97 Å². The van der Waals surface area contributed by atoms with E-state index in [2.05, 4.69) is 0 Å². The molecule has 0 amide bonds. The van der Waals surface area contributed by atoms with Crippen molar-refractivity contribution in [2.24, 2.45) is 0 Å². The van der Waals surface area contributed by atoms with Gasteiger partial charge < -0.3 is 10.2 Å². The molecule has 0 unspecified atom stereocenters. The van der Waals surface area contributed by atoms with Gasteiger partial charge in [-0.15, -0.1) is 0 Å². The Kier molecular flexibility index (Phi) is 3.30. The first kappa shape index (κ1) is 13.1. The first-order chi connectivity index (χ1) is 8.90. The van der Waals surface area contributed by atoms with Crippen molar-refractivity contribution in [1.82, 2.24) is 0 Å². The Bertz CT molecular complexity index is 634. The largest absolute Gasteiger partial charge is 0.508 e. The summed E-state index contributed by atoms with van der Waals surface area (Å²) in [7, 11) is 0. The SMILES string of the molecule is Cc1ccc(O)cc1-c1c(C)cc(C(=O)O)cc1C. The molecule has 0 spiro atoms. The van der Waals surface area contributed by atoms with Gasteiger partial charge in [0.25, 0.3) is 0 Å². The third kappa shape index (κ3) is 2.45. The number of aromatic carboxylic acids is 1. The quantitative estimate of drug-likeness (QED) is 0.861. The van der Waals surface area contributed by atoms with Crippen molar-refractivity contribution in [3.63, 3.8) is 0 Å². The Balaban J connectivity index is 2.69. The molecule has 0 bridgehead atoms. The zero-order chi connectivity index (χ0) is 14.2. The van der Waals surface area contributed by atoms with Crippen molar-refractivity contribution >= 4 is 5.97 Å². The fourth-order valence-electron chi connectivity index (χ4n) is 2.39. The van der Waals surface area contributed by atoms with E-state index in [0.29, 0.717) is 0 Å². The average molecular weight is 256 g/mol. The predicted octanol–water partition coefficient (Wildman–Crippen LogP) is 3.68. The van der Waals surface area contributed by atoms with Crippen LogP contribution in [0.25, 0.3) is 11.1 Å². The summed E-state index contributed by atoms with van der Waals surface area (Å²) in [6, 6.07) is 8.54. The fraction of sp³-hybridized carbons (Fsp3) is 0.188. The molecule has 0 atom stereocenters. The number of aromatic hydroxyl groups is 1. The van der Waals surface area contributed by atoms with Gasteiger partial charge in [-0.25, -0.2) is 4.79 Å². The maximum atomic E-state index is 11.0. The van der Waals surface area contributed by atoms with Gasteiger partial charge in [-0.05, 0) is 72.9 Å². The van der Waals surface area contributed by atoms with Crippen LogP contribution >= 0.6 is 0 Å². The highest BCUT2D eigenvalue weighted by Gasteiger charge is 2.13. The second-order valence-corrected chi connectivity index (χ2v) is 4.79. The zero-order valence-corrected chi connectivity index (χ0v) is 11.2. The summed E-state index contributed by atoms with van der Waals surface area (Å²) in [5.41, 5.74) is 5.05. The van der Waals surface area contributed by atoms with Crippen molar-refractivity contribution in [2.75, 3.05) is 0 Å². The van der Waals surface area contributed by atoms with Crippen LogP contribution in [0.2, 0.25) is 0 Å². The molecule has 0 aliphatic heterocycles. The van der Waals surface area contributed by atoms with Crippen molar-refractivity contribution in [3.8, 4) is 16.9 Å². The molecule has 2 rings (SSSR count). The van der Waals surface area contributed by atoms with E-state index in [4.69, 9.17) is 5.11 Å². The van der Waals surface area contributed by atoms with Crippen LogP contribution in [-0.4, -0.2) is 16.2 Å². The van der Waals surface area contributed by atoms with Crippen LogP contribution in [0.1, 0.15) is 27.0 Å². The summed E-state index contributed by atoms with van der Waals surface area (Å²) < 4.78 is 0. The van der Waals surface area contributed by atoms with E-state index >= 15 is 0 Å². The van der Waals surface area contributed by atoms with E-state index in [-0.39, 0.29) is 11.3 Å². The molecule has 2 N–H and O–H groups in total. The summed E-state index contributed by atoms with van der Waals surface area (Å²) in [5, 5.41) is 18.7. The van der Waals surface area contributed by atoms with Gasteiger partial charge in [0.1, 0.15) is 5.75 Å². The lowest BCUT2D eigenvalue weighted by atomic mass is 9.91. The van der Waals surface area contributed by atoms with E-state index in [1.54, 1.807) is 24.3 Å². The number of hydrogen-bond donors (Lipinski definition) is 2. The highest BCUT2D eigenvalue weighted by atomic mass is 16.4. The van der Waals surface area contributed by atoms with E-state index in [0.717, 1.165) is 27.8 Å². The molecule has 0 aliphatic rings. The lowest BCUT2D eigenvalue weighted by Crippen LogP contribution is -2.00. The maximum absolute atomic E-state index is 11.0. The second-order valence-electron chi connectivity index (χ2n) is 4.79. The number of phenolic OH excluding ortho intramolecular Hbond substituents is 1. The maximum Gasteiger partial charge on any atom is 0.335 e. The van der Waals surface area contributed by atoms with Gasteiger partial charge in [-0.3, -0.25) is 0 Å². The Morgan fingerprint density at radius 1 is 0.947 bits per heavy atom. The Morgan fingerprint density at radius 2 is 1.53 bits per heavy atom. The number of aryl methyl sites for hydroxylation is 3. The lowest BCUT2D eigenvalue weighted by molar-refractivity contribution is 0.0696. The minimum atomic E-state index is -0.926. The molecular weight excluding hydrogens is 240 g/mol. The summed E-state index contributed by atoms with van der Waals surface area (Å²) >= 11 is 0. The van der Waals surface area contributed by atoms with Crippen molar-refractivity contribution in [3.05, 3.63) is 52.6 Å². The standard InChI is InChI=1S/C16H16O3/c1-9-4-5-13(17)8-14(9)15-10(2)6-12(16(18)19)7-11(15)3/h4-8,17H,1-3H3,(H,18,19). The van der Waals surface area contributed by atoms with Crippen molar-refractivity contribution in [1.29, 1.82) is 0 Å². The molecular formula is C16H16O3. The average Bonchev–Trinajstić information content (AvgIpc) is 2.32. The molecule has 19 heavy (non-hydrogen) atoms. The van der Waals surface area contributed by atoms with Crippen LogP contribution in [0.5, 0.6) is 5.75 Å². The molecule has 0 saturated heterocycles. The lowest BCUT2D eigenvalue weighted by Gasteiger charge is -2.14. The first-order valence-electron chi connectivity index (χ1n) is 6.04. The number of benzene rings is 2. The highest BCUT2D eigenvalue weighted by molar-refractivity contribution is 5.90. The van der Waals surface area contributed by atoms with Crippen LogP contribution in [0, 0.1) is 20.8 Å². The minimum Gasteiger partial charge on any atom is -0.508 e. The Hall–Kier alpha value is -2.29. The summed E-state index contributed by atoms with van der Waals surface area (Å²) in [4.78, 5) is 11.0. The molecule has 0 radical (unpaired) electrons. The highest BCUT2D eigenvalue weighted by Crippen LogP contribution is 2.33. The van der Waals surface area contributed by atoms with Crippen LogP contribution in [-0.2, 0) is 0 Å². The van der Waals surface area contributed by atoms with Gasteiger partial charge in [0, 0.05) is 0 Å². The van der Waals surface area contributed by atoms with Crippen molar-refractivity contribution < 1.29 is 15.0 Å². The van der Waals surface area contributed by atoms with Gasteiger partial charge in [-0.2, -0.15) is 0 Å². The molecule has 2 aromatic carbocycles. The zero-order valence-electron chi connectivity index (χ0n) is 11.2. The van der Waals surface area contributed by atoms with E-state index in [1.807, 2.05) is 26.8 Å².